The number of halogens is 2. The van der Waals surface area contributed by atoms with E-state index in [1.54, 1.807) is 6.07 Å². The summed E-state index contributed by atoms with van der Waals surface area (Å²) in [7, 11) is 0. The van der Waals surface area contributed by atoms with E-state index in [2.05, 4.69) is 19.1 Å². The van der Waals surface area contributed by atoms with Gasteiger partial charge in [0.2, 0.25) is 0 Å². The van der Waals surface area contributed by atoms with Crippen LogP contribution in [0.5, 0.6) is 0 Å². The van der Waals surface area contributed by atoms with Crippen LogP contribution in [0.3, 0.4) is 0 Å². The summed E-state index contributed by atoms with van der Waals surface area (Å²) in [6.07, 6.45) is 0. The summed E-state index contributed by atoms with van der Waals surface area (Å²) in [5, 5.41) is 1.15. The fraction of sp³-hybridized carbons (Fsp3) is 0.0769. The maximum atomic E-state index is 5.96. The van der Waals surface area contributed by atoms with Crippen molar-refractivity contribution in [2.75, 3.05) is 0 Å². The van der Waals surface area contributed by atoms with Crippen molar-refractivity contribution in [1.82, 2.24) is 0 Å². The summed E-state index contributed by atoms with van der Waals surface area (Å²) in [5.41, 5.74) is 3.27. The Morgan fingerprint density at radius 3 is 2.47 bits per heavy atom. The lowest BCUT2D eigenvalue weighted by Crippen LogP contribution is -1.80. The first kappa shape index (κ1) is 10.5. The van der Waals surface area contributed by atoms with Gasteiger partial charge in [-0.2, -0.15) is 0 Å². The molecule has 0 aliphatic rings. The highest BCUT2D eigenvalue weighted by atomic mass is 35.5. The van der Waals surface area contributed by atoms with E-state index in [0.717, 1.165) is 11.1 Å². The summed E-state index contributed by atoms with van der Waals surface area (Å²) in [6.45, 7) is 2.05. The Morgan fingerprint density at radius 2 is 1.80 bits per heavy atom. The minimum absolute atomic E-state index is 0.573. The summed E-state index contributed by atoms with van der Waals surface area (Å²) < 4.78 is 0. The van der Waals surface area contributed by atoms with Crippen LogP contribution < -0.4 is 0 Å². The highest BCUT2D eigenvalue weighted by Gasteiger charge is 2.02. The van der Waals surface area contributed by atoms with E-state index in [0.29, 0.717) is 10.0 Å². The van der Waals surface area contributed by atoms with Gasteiger partial charge in [0, 0.05) is 0 Å². The van der Waals surface area contributed by atoms with E-state index >= 15 is 0 Å². The molecule has 0 nitrogen and oxygen atoms in total. The fourth-order valence-electron chi connectivity index (χ4n) is 1.41. The van der Waals surface area contributed by atoms with Crippen molar-refractivity contribution in [2.45, 2.75) is 6.92 Å². The standard InChI is InChI=1S/C13H9Cl2/c1-9-3-2-4-10(7-9)11-5-6-12(14)13(15)8-11/h2-3,5-8H,1H3. The molecule has 1 radical (unpaired) electrons. The summed E-state index contributed by atoms with van der Waals surface area (Å²) in [5.74, 6) is 0. The molecule has 0 N–H and O–H groups in total. The van der Waals surface area contributed by atoms with Crippen molar-refractivity contribution >= 4 is 23.2 Å². The lowest BCUT2D eigenvalue weighted by atomic mass is 10.0. The Hall–Kier alpha value is -0.980. The molecule has 2 aromatic carbocycles. The van der Waals surface area contributed by atoms with Crippen molar-refractivity contribution in [3.8, 4) is 11.1 Å². The third-order valence-corrected chi connectivity index (χ3v) is 2.93. The molecule has 15 heavy (non-hydrogen) atoms. The highest BCUT2D eigenvalue weighted by molar-refractivity contribution is 6.42. The molecule has 0 atom stereocenters. The minimum Gasteiger partial charge on any atom is -0.0827 e. The zero-order valence-electron chi connectivity index (χ0n) is 8.22. The molecule has 0 fully saturated rings. The lowest BCUT2D eigenvalue weighted by Gasteiger charge is -2.03. The van der Waals surface area contributed by atoms with Gasteiger partial charge in [-0.15, -0.1) is 0 Å². The number of hydrogen-bond acceptors (Lipinski definition) is 0. The summed E-state index contributed by atoms with van der Waals surface area (Å²) in [4.78, 5) is 0. The number of hydrogen-bond donors (Lipinski definition) is 0. The van der Waals surface area contributed by atoms with E-state index in [1.165, 1.54) is 5.56 Å². The molecule has 0 spiro atoms. The smallest absolute Gasteiger partial charge is 0.0598 e. The molecule has 0 unspecified atom stereocenters. The van der Waals surface area contributed by atoms with Crippen LogP contribution in [0.1, 0.15) is 5.56 Å². The molecule has 0 aromatic heterocycles. The molecular weight excluding hydrogens is 227 g/mol. The van der Waals surface area contributed by atoms with Gasteiger partial charge in [0.25, 0.3) is 0 Å². The van der Waals surface area contributed by atoms with Crippen LogP contribution in [0.25, 0.3) is 11.1 Å². The molecule has 0 amide bonds. The van der Waals surface area contributed by atoms with Gasteiger partial charge in [0.05, 0.1) is 10.0 Å². The molecule has 0 aliphatic heterocycles. The van der Waals surface area contributed by atoms with E-state index in [9.17, 15) is 0 Å². The second-order valence-electron chi connectivity index (χ2n) is 3.41. The number of rotatable bonds is 1. The topological polar surface area (TPSA) is 0 Å². The largest absolute Gasteiger partial charge is 0.0827 e. The molecule has 0 bridgehead atoms. The number of benzene rings is 2. The zero-order valence-corrected chi connectivity index (χ0v) is 9.73. The highest BCUT2D eigenvalue weighted by Crippen LogP contribution is 2.28. The maximum Gasteiger partial charge on any atom is 0.0598 e. The van der Waals surface area contributed by atoms with Gasteiger partial charge in [-0.05, 0) is 36.2 Å². The maximum absolute atomic E-state index is 5.96. The van der Waals surface area contributed by atoms with Gasteiger partial charge in [-0.3, -0.25) is 0 Å². The molecule has 0 aliphatic carbocycles. The van der Waals surface area contributed by atoms with Crippen LogP contribution in [-0.2, 0) is 0 Å². The zero-order chi connectivity index (χ0) is 10.8. The quantitative estimate of drug-likeness (QED) is 0.669. The first-order valence-electron chi connectivity index (χ1n) is 4.60. The van der Waals surface area contributed by atoms with Crippen LogP contribution >= 0.6 is 23.2 Å². The first-order valence-corrected chi connectivity index (χ1v) is 5.36. The monoisotopic (exact) mass is 235 g/mol. The molecule has 0 saturated heterocycles. The van der Waals surface area contributed by atoms with Gasteiger partial charge in [0.15, 0.2) is 0 Å². The van der Waals surface area contributed by atoms with Gasteiger partial charge < -0.3 is 0 Å². The normalized spacial score (nSPS) is 10.3. The average molecular weight is 236 g/mol. The Bertz CT molecular complexity index is 490. The Kier molecular flexibility index (Phi) is 2.99. The van der Waals surface area contributed by atoms with Crippen LogP contribution in [0.2, 0.25) is 10.0 Å². The third kappa shape index (κ3) is 2.34. The van der Waals surface area contributed by atoms with Crippen molar-refractivity contribution in [3.05, 3.63) is 58.1 Å². The Labute approximate surface area is 99.5 Å². The molecule has 2 rings (SSSR count). The molecule has 2 heteroatoms. The second-order valence-corrected chi connectivity index (χ2v) is 4.22. The Morgan fingerprint density at radius 1 is 1.00 bits per heavy atom. The van der Waals surface area contributed by atoms with E-state index in [1.807, 2.05) is 24.3 Å². The van der Waals surface area contributed by atoms with Crippen LogP contribution in [0.4, 0.5) is 0 Å². The van der Waals surface area contributed by atoms with Crippen LogP contribution in [0.15, 0.2) is 36.4 Å². The van der Waals surface area contributed by atoms with Gasteiger partial charge >= 0.3 is 0 Å². The SMILES string of the molecule is Cc1cc[c]c(-c2ccc(Cl)c(Cl)c2)c1. The average Bonchev–Trinajstić information content (AvgIpc) is 2.22. The van der Waals surface area contributed by atoms with E-state index < -0.39 is 0 Å². The number of aryl methyl sites for hydroxylation is 1. The van der Waals surface area contributed by atoms with Crippen molar-refractivity contribution in [3.63, 3.8) is 0 Å². The van der Waals surface area contributed by atoms with Crippen LogP contribution in [-0.4, -0.2) is 0 Å². The molecule has 0 saturated carbocycles. The second kappa shape index (κ2) is 4.26. The predicted molar refractivity (Wildman–Crippen MR) is 65.5 cm³/mol. The molecule has 2 aromatic rings. The van der Waals surface area contributed by atoms with E-state index in [-0.39, 0.29) is 0 Å². The summed E-state index contributed by atoms with van der Waals surface area (Å²) in [6, 6.07) is 14.8. The van der Waals surface area contributed by atoms with E-state index in [4.69, 9.17) is 23.2 Å². The van der Waals surface area contributed by atoms with Crippen LogP contribution in [0, 0.1) is 13.0 Å². The van der Waals surface area contributed by atoms with Gasteiger partial charge in [0.1, 0.15) is 0 Å². The first-order chi connectivity index (χ1) is 7.16. The molecular formula is C13H9Cl2. The molecule has 0 heterocycles. The molecule has 75 valence electrons. The Balaban J connectivity index is 2.50. The van der Waals surface area contributed by atoms with Crippen molar-refractivity contribution in [1.29, 1.82) is 0 Å². The van der Waals surface area contributed by atoms with Gasteiger partial charge in [-0.1, -0.05) is 53.0 Å². The van der Waals surface area contributed by atoms with Crippen molar-refractivity contribution in [2.24, 2.45) is 0 Å². The third-order valence-electron chi connectivity index (χ3n) is 2.19. The van der Waals surface area contributed by atoms with Crippen molar-refractivity contribution < 1.29 is 0 Å². The summed E-state index contributed by atoms with van der Waals surface area (Å²) >= 11 is 11.8. The predicted octanol–water partition coefficient (Wildman–Crippen LogP) is 4.77. The minimum atomic E-state index is 0.573. The lowest BCUT2D eigenvalue weighted by molar-refractivity contribution is 1.46. The van der Waals surface area contributed by atoms with Gasteiger partial charge in [-0.25, -0.2) is 0 Å². The fourth-order valence-corrected chi connectivity index (χ4v) is 1.71.